The van der Waals surface area contributed by atoms with Crippen molar-refractivity contribution in [1.29, 1.82) is 0 Å². The van der Waals surface area contributed by atoms with Gasteiger partial charge >= 0.3 is 0 Å². The van der Waals surface area contributed by atoms with Gasteiger partial charge in [0.15, 0.2) is 11.6 Å². The van der Waals surface area contributed by atoms with Gasteiger partial charge in [-0.2, -0.15) is 0 Å². The van der Waals surface area contributed by atoms with E-state index >= 15 is 0 Å². The Hall–Kier alpha value is -6.74. The molecular formula is C48H38N2O7. The van der Waals surface area contributed by atoms with Crippen LogP contribution in [0.5, 0.6) is 5.75 Å². The van der Waals surface area contributed by atoms with Crippen molar-refractivity contribution >= 4 is 46.6 Å². The number of benzene rings is 5. The Labute approximate surface area is 329 Å². The first kappa shape index (κ1) is 35.9. The van der Waals surface area contributed by atoms with E-state index in [9.17, 15) is 33.9 Å². The Morgan fingerprint density at radius 2 is 0.982 bits per heavy atom. The maximum atomic E-state index is 14.6. The molecule has 2 heterocycles. The zero-order chi connectivity index (χ0) is 39.7. The highest BCUT2D eigenvalue weighted by Gasteiger charge is 2.62. The molecule has 0 spiro atoms. The second kappa shape index (κ2) is 13.8. The molecule has 4 amide bonds. The van der Waals surface area contributed by atoms with Gasteiger partial charge in [0.05, 0.1) is 35.0 Å². The summed E-state index contributed by atoms with van der Waals surface area (Å²) in [6, 6.07) is 34.4. The number of imide groups is 2. The largest absolute Gasteiger partial charge is 0.507 e. The van der Waals surface area contributed by atoms with E-state index in [1.165, 1.54) is 9.80 Å². The van der Waals surface area contributed by atoms with Crippen LogP contribution in [-0.2, 0) is 19.2 Å². The lowest BCUT2D eigenvalue weighted by Gasteiger charge is -2.44. The van der Waals surface area contributed by atoms with Crippen molar-refractivity contribution in [1.82, 2.24) is 0 Å². The summed E-state index contributed by atoms with van der Waals surface area (Å²) in [4.78, 5) is 86.5. The molecule has 4 aliphatic rings. The van der Waals surface area contributed by atoms with Crippen molar-refractivity contribution in [3.05, 3.63) is 172 Å². The molecular weight excluding hydrogens is 717 g/mol. The fraction of sp³-hybridized carbons (Fsp3) is 0.208. The smallest absolute Gasteiger partial charge is 0.238 e. The van der Waals surface area contributed by atoms with Gasteiger partial charge in [0, 0.05) is 28.2 Å². The van der Waals surface area contributed by atoms with E-state index in [1.54, 1.807) is 111 Å². The lowest BCUT2D eigenvalue weighted by Crippen LogP contribution is -2.43. The minimum atomic E-state index is -0.788. The first-order valence-electron chi connectivity index (χ1n) is 19.2. The topological polar surface area (TPSA) is 129 Å². The van der Waals surface area contributed by atoms with Gasteiger partial charge in [0.2, 0.25) is 23.6 Å². The lowest BCUT2D eigenvalue weighted by atomic mass is 9.57. The van der Waals surface area contributed by atoms with Crippen molar-refractivity contribution in [2.75, 3.05) is 9.80 Å². The maximum absolute atomic E-state index is 14.6. The monoisotopic (exact) mass is 754 g/mol. The van der Waals surface area contributed by atoms with Crippen molar-refractivity contribution in [2.24, 2.45) is 29.6 Å². The van der Waals surface area contributed by atoms with Crippen LogP contribution in [0, 0.1) is 43.4 Å². The van der Waals surface area contributed by atoms with Crippen LogP contribution in [0.15, 0.2) is 133 Å². The summed E-state index contributed by atoms with van der Waals surface area (Å²) in [6.45, 7) is 3.58. The van der Waals surface area contributed by atoms with Gasteiger partial charge in [-0.05, 0) is 97.8 Å². The molecule has 1 saturated carbocycles. The summed E-state index contributed by atoms with van der Waals surface area (Å²) in [5, 5.41) is 10.7. The molecule has 5 aromatic rings. The number of phenolic OH excluding ortho intramolecular Hbond substituents is 1. The number of ketones is 2. The predicted molar refractivity (Wildman–Crippen MR) is 213 cm³/mol. The van der Waals surface area contributed by atoms with E-state index in [0.29, 0.717) is 44.8 Å². The molecule has 6 atom stereocenters. The van der Waals surface area contributed by atoms with Crippen LogP contribution in [0.25, 0.3) is 0 Å². The molecule has 57 heavy (non-hydrogen) atoms. The molecule has 5 aromatic carbocycles. The second-order valence-electron chi connectivity index (χ2n) is 15.5. The van der Waals surface area contributed by atoms with Crippen LogP contribution >= 0.6 is 0 Å². The number of nitrogens with zero attached hydrogens (tertiary/aromatic N) is 2. The van der Waals surface area contributed by atoms with E-state index in [-0.39, 0.29) is 47.9 Å². The number of anilines is 2. The van der Waals surface area contributed by atoms with Gasteiger partial charge in [0.25, 0.3) is 0 Å². The van der Waals surface area contributed by atoms with Crippen LogP contribution in [0.2, 0.25) is 0 Å². The van der Waals surface area contributed by atoms with Gasteiger partial charge in [0.1, 0.15) is 5.75 Å². The molecule has 9 rings (SSSR count). The van der Waals surface area contributed by atoms with Crippen molar-refractivity contribution in [3.8, 4) is 5.75 Å². The quantitative estimate of drug-likeness (QED) is 0.103. The average molecular weight is 755 g/mol. The third kappa shape index (κ3) is 5.76. The van der Waals surface area contributed by atoms with E-state index in [0.717, 1.165) is 11.1 Å². The zero-order valence-electron chi connectivity index (χ0n) is 31.3. The van der Waals surface area contributed by atoms with Crippen LogP contribution in [0.1, 0.15) is 67.3 Å². The number of rotatable bonds is 7. The Balaban J connectivity index is 1.06. The SMILES string of the molecule is Cc1cc(C2C3=CCC4C(=O)N(c5ccc(C(=O)c6ccccc6)cc5)C(=O)C4C3CC3C(=O)N(c4ccc(C(=O)c5ccccc5)cc4)C(=O)C32)cc(C)c1O. The highest BCUT2D eigenvalue weighted by Crippen LogP contribution is 2.58. The fourth-order valence-corrected chi connectivity index (χ4v) is 9.68. The Morgan fingerprint density at radius 3 is 1.47 bits per heavy atom. The average Bonchev–Trinajstić information content (AvgIpc) is 3.65. The van der Waals surface area contributed by atoms with Gasteiger partial charge in [-0.1, -0.05) is 84.4 Å². The fourth-order valence-electron chi connectivity index (χ4n) is 9.68. The number of allylic oxidation sites excluding steroid dienone is 2. The molecule has 2 aliphatic carbocycles. The number of aromatic hydroxyl groups is 1. The molecule has 2 saturated heterocycles. The summed E-state index contributed by atoms with van der Waals surface area (Å²) < 4.78 is 0. The summed E-state index contributed by atoms with van der Waals surface area (Å²) >= 11 is 0. The van der Waals surface area contributed by atoms with Gasteiger partial charge in [-0.3, -0.25) is 38.6 Å². The molecule has 0 aromatic heterocycles. The summed E-state index contributed by atoms with van der Waals surface area (Å²) in [5.74, 6) is -5.77. The van der Waals surface area contributed by atoms with Gasteiger partial charge < -0.3 is 5.11 Å². The number of aryl methyl sites for hydroxylation is 2. The number of carbonyl (C=O) groups is 6. The maximum Gasteiger partial charge on any atom is 0.238 e. The van der Waals surface area contributed by atoms with Crippen molar-refractivity contribution in [3.63, 3.8) is 0 Å². The molecule has 9 heteroatoms. The number of hydrogen-bond donors (Lipinski definition) is 1. The lowest BCUT2D eigenvalue weighted by molar-refractivity contribution is -0.126. The Kier molecular flexibility index (Phi) is 8.68. The molecule has 9 nitrogen and oxygen atoms in total. The van der Waals surface area contributed by atoms with Crippen LogP contribution in [0.4, 0.5) is 11.4 Å². The number of fused-ring (bicyclic) bond motifs is 4. The summed E-state index contributed by atoms with van der Waals surface area (Å²) in [5.41, 5.74) is 5.47. The third-order valence-corrected chi connectivity index (χ3v) is 12.4. The van der Waals surface area contributed by atoms with Crippen molar-refractivity contribution in [2.45, 2.75) is 32.6 Å². The minimum Gasteiger partial charge on any atom is -0.507 e. The van der Waals surface area contributed by atoms with Gasteiger partial charge in [-0.25, -0.2) is 0 Å². The summed E-state index contributed by atoms with van der Waals surface area (Å²) in [6.07, 6.45) is 2.48. The third-order valence-electron chi connectivity index (χ3n) is 12.4. The molecule has 1 N–H and O–H groups in total. The van der Waals surface area contributed by atoms with E-state index < -0.39 is 41.4 Å². The van der Waals surface area contributed by atoms with E-state index in [2.05, 4.69) is 0 Å². The highest BCUT2D eigenvalue weighted by atomic mass is 16.3. The van der Waals surface area contributed by atoms with Gasteiger partial charge in [-0.15, -0.1) is 0 Å². The van der Waals surface area contributed by atoms with E-state index in [1.807, 2.05) is 30.3 Å². The number of carbonyl (C=O) groups excluding carboxylic acids is 6. The van der Waals surface area contributed by atoms with E-state index in [4.69, 9.17) is 0 Å². The summed E-state index contributed by atoms with van der Waals surface area (Å²) in [7, 11) is 0. The van der Waals surface area contributed by atoms with Crippen LogP contribution in [0.3, 0.4) is 0 Å². The molecule has 0 radical (unpaired) electrons. The Bertz CT molecular complexity index is 2520. The number of phenols is 1. The van der Waals surface area contributed by atoms with Crippen LogP contribution < -0.4 is 9.80 Å². The minimum absolute atomic E-state index is 0.143. The molecule has 282 valence electrons. The second-order valence-corrected chi connectivity index (χ2v) is 15.5. The Morgan fingerprint density at radius 1 is 0.544 bits per heavy atom. The standard InChI is InChI=1S/C48H38N2O7/c1-26-23-32(24-27(2)42(26)51)39-35-21-22-36-40(47(56)49(45(36)54)33-17-13-30(14-18-33)43(52)28-9-5-3-6-10-28)37(35)25-38-41(39)48(57)50(46(38)55)34-19-15-31(16-20-34)44(53)29-11-7-4-8-12-29/h3-21,23-24,36-41,51H,22,25H2,1-2H3. The normalized spacial score (nSPS) is 23.9. The molecule has 6 unspecified atom stereocenters. The number of amides is 4. The highest BCUT2D eigenvalue weighted by molar-refractivity contribution is 6.24. The zero-order valence-corrected chi connectivity index (χ0v) is 31.3. The first-order chi connectivity index (χ1) is 27.5. The predicted octanol–water partition coefficient (Wildman–Crippen LogP) is 7.52. The first-order valence-corrected chi connectivity index (χ1v) is 19.2. The number of hydrogen-bond acceptors (Lipinski definition) is 7. The van der Waals surface area contributed by atoms with Crippen molar-refractivity contribution < 1.29 is 33.9 Å². The molecule has 0 bridgehead atoms. The van der Waals surface area contributed by atoms with Crippen LogP contribution in [-0.4, -0.2) is 40.3 Å². The molecule has 3 fully saturated rings. The molecule has 2 aliphatic heterocycles.